The third kappa shape index (κ3) is 3.87. The van der Waals surface area contributed by atoms with Crippen LogP contribution in [-0.2, 0) is 4.79 Å². The number of halogens is 1. The van der Waals surface area contributed by atoms with Gasteiger partial charge in [0.25, 0.3) is 0 Å². The molecule has 1 atom stereocenters. The molecule has 0 spiro atoms. The Kier molecular flexibility index (Phi) is 4.90. The Balaban J connectivity index is 1.68. The number of amides is 1. The lowest BCUT2D eigenvalue weighted by molar-refractivity contribution is -0.120. The molecule has 23 heavy (non-hydrogen) atoms. The topological polar surface area (TPSA) is 72.7 Å². The van der Waals surface area contributed by atoms with E-state index in [2.05, 4.69) is 20.8 Å². The predicted molar refractivity (Wildman–Crippen MR) is 84.8 cm³/mol. The second kappa shape index (κ2) is 7.08. The first-order chi connectivity index (χ1) is 11.1. The molecule has 1 aromatic carbocycles. The fourth-order valence-electron chi connectivity index (χ4n) is 2.62. The van der Waals surface area contributed by atoms with E-state index in [1.165, 1.54) is 41.4 Å². The molecular formula is C15H18FN5OS. The number of nitrogens with one attached hydrogen (secondary N) is 1. The van der Waals surface area contributed by atoms with Gasteiger partial charge in [-0.3, -0.25) is 4.79 Å². The van der Waals surface area contributed by atoms with Crippen LogP contribution in [0.4, 0.5) is 4.39 Å². The number of hydrogen-bond acceptors (Lipinski definition) is 5. The van der Waals surface area contributed by atoms with Gasteiger partial charge in [0.1, 0.15) is 5.82 Å². The van der Waals surface area contributed by atoms with Crippen LogP contribution in [0.2, 0.25) is 0 Å². The summed E-state index contributed by atoms with van der Waals surface area (Å²) in [6.07, 6.45) is 4.43. The summed E-state index contributed by atoms with van der Waals surface area (Å²) in [5.74, 6) is -0.378. The van der Waals surface area contributed by atoms with Crippen molar-refractivity contribution in [1.29, 1.82) is 0 Å². The normalized spacial score (nSPS) is 16.4. The molecule has 1 amide bonds. The van der Waals surface area contributed by atoms with Crippen molar-refractivity contribution in [2.24, 2.45) is 0 Å². The summed E-state index contributed by atoms with van der Waals surface area (Å²) in [6.45, 7) is 1.82. The number of thioether (sulfide) groups is 1. The minimum absolute atomic E-state index is 0.0179. The summed E-state index contributed by atoms with van der Waals surface area (Å²) < 4.78 is 14.8. The first-order valence-corrected chi connectivity index (χ1v) is 8.53. The van der Waals surface area contributed by atoms with Gasteiger partial charge in [0.05, 0.1) is 10.9 Å². The SMILES string of the molecule is C[C@@H](Sc1nnnn1-c1cccc(F)c1)C(=O)NC1CCCC1. The van der Waals surface area contributed by atoms with Crippen molar-refractivity contribution in [3.8, 4) is 5.69 Å². The summed E-state index contributed by atoms with van der Waals surface area (Å²) in [4.78, 5) is 12.3. The van der Waals surface area contributed by atoms with Crippen molar-refractivity contribution in [2.45, 2.75) is 49.1 Å². The molecule has 0 bridgehead atoms. The Morgan fingerprint density at radius 3 is 2.96 bits per heavy atom. The highest BCUT2D eigenvalue weighted by Gasteiger charge is 2.23. The number of rotatable bonds is 5. The van der Waals surface area contributed by atoms with Crippen LogP contribution < -0.4 is 5.32 Å². The van der Waals surface area contributed by atoms with Crippen LogP contribution in [0.15, 0.2) is 29.4 Å². The van der Waals surface area contributed by atoms with Crippen LogP contribution in [0.25, 0.3) is 5.69 Å². The molecule has 1 saturated carbocycles. The average molecular weight is 335 g/mol. The molecule has 1 aliphatic rings. The monoisotopic (exact) mass is 335 g/mol. The zero-order valence-electron chi connectivity index (χ0n) is 12.8. The molecule has 3 rings (SSSR count). The number of benzene rings is 1. The first-order valence-electron chi connectivity index (χ1n) is 7.65. The van der Waals surface area contributed by atoms with Crippen molar-refractivity contribution < 1.29 is 9.18 Å². The summed E-state index contributed by atoms with van der Waals surface area (Å²) in [5, 5.41) is 14.6. The molecule has 1 heterocycles. The molecule has 2 aromatic rings. The second-order valence-corrected chi connectivity index (χ2v) is 6.91. The molecule has 1 aliphatic carbocycles. The smallest absolute Gasteiger partial charge is 0.233 e. The Bertz CT molecular complexity index is 686. The van der Waals surface area contributed by atoms with Gasteiger partial charge in [-0.05, 0) is 48.4 Å². The van der Waals surface area contributed by atoms with Gasteiger partial charge in [-0.25, -0.2) is 4.39 Å². The van der Waals surface area contributed by atoms with Gasteiger partial charge in [0.15, 0.2) is 0 Å². The molecule has 0 radical (unpaired) electrons. The van der Waals surface area contributed by atoms with Crippen LogP contribution in [0.5, 0.6) is 0 Å². The van der Waals surface area contributed by atoms with Crippen LogP contribution in [0.3, 0.4) is 0 Å². The molecule has 8 heteroatoms. The van der Waals surface area contributed by atoms with E-state index < -0.39 is 0 Å². The van der Waals surface area contributed by atoms with Crippen molar-refractivity contribution in [3.63, 3.8) is 0 Å². The minimum Gasteiger partial charge on any atom is -0.352 e. The van der Waals surface area contributed by atoms with Gasteiger partial charge < -0.3 is 5.32 Å². The van der Waals surface area contributed by atoms with E-state index in [0.29, 0.717) is 10.8 Å². The molecule has 0 aliphatic heterocycles. The maximum Gasteiger partial charge on any atom is 0.233 e. The van der Waals surface area contributed by atoms with Gasteiger partial charge in [-0.2, -0.15) is 4.68 Å². The quantitative estimate of drug-likeness (QED) is 0.849. The fraction of sp³-hybridized carbons (Fsp3) is 0.467. The molecule has 1 N–H and O–H groups in total. The molecule has 0 unspecified atom stereocenters. The third-order valence-corrected chi connectivity index (χ3v) is 4.88. The summed E-state index contributed by atoms with van der Waals surface area (Å²) >= 11 is 1.26. The van der Waals surface area contributed by atoms with Gasteiger partial charge in [0.2, 0.25) is 11.1 Å². The van der Waals surface area contributed by atoms with Crippen molar-refractivity contribution >= 4 is 17.7 Å². The molecule has 0 saturated heterocycles. The van der Waals surface area contributed by atoms with Crippen LogP contribution in [-0.4, -0.2) is 37.4 Å². The number of nitrogens with zero attached hydrogens (tertiary/aromatic N) is 4. The lowest BCUT2D eigenvalue weighted by atomic mass is 10.2. The number of hydrogen-bond donors (Lipinski definition) is 1. The Labute approximate surface area is 137 Å². The van der Waals surface area contributed by atoms with Crippen LogP contribution in [0, 0.1) is 5.82 Å². The van der Waals surface area contributed by atoms with Crippen molar-refractivity contribution in [3.05, 3.63) is 30.1 Å². The molecule has 1 aromatic heterocycles. The highest BCUT2D eigenvalue weighted by atomic mass is 32.2. The standard InChI is InChI=1S/C15H18FN5OS/c1-10(14(22)17-12-6-2-3-7-12)23-15-18-19-20-21(15)13-8-4-5-11(16)9-13/h4-5,8-10,12H,2-3,6-7H2,1H3,(H,17,22)/t10-/m1/s1. The Morgan fingerprint density at radius 2 is 2.22 bits per heavy atom. The van der Waals surface area contributed by atoms with E-state index in [0.717, 1.165) is 12.8 Å². The van der Waals surface area contributed by atoms with E-state index in [4.69, 9.17) is 0 Å². The van der Waals surface area contributed by atoms with Gasteiger partial charge in [-0.15, -0.1) is 5.10 Å². The van der Waals surface area contributed by atoms with Gasteiger partial charge >= 0.3 is 0 Å². The third-order valence-electron chi connectivity index (χ3n) is 3.85. The number of carbonyl (C=O) groups is 1. The largest absolute Gasteiger partial charge is 0.352 e. The minimum atomic E-state index is -0.360. The summed E-state index contributed by atoms with van der Waals surface area (Å²) in [5.41, 5.74) is 0.529. The van der Waals surface area contributed by atoms with E-state index >= 15 is 0 Å². The van der Waals surface area contributed by atoms with E-state index in [1.807, 2.05) is 6.92 Å². The lowest BCUT2D eigenvalue weighted by Gasteiger charge is -2.15. The second-order valence-electron chi connectivity index (χ2n) is 5.60. The molecule has 122 valence electrons. The van der Waals surface area contributed by atoms with Crippen molar-refractivity contribution in [1.82, 2.24) is 25.5 Å². The number of carbonyl (C=O) groups excluding carboxylic acids is 1. The van der Waals surface area contributed by atoms with Gasteiger partial charge in [0, 0.05) is 6.04 Å². The summed E-state index contributed by atoms with van der Waals surface area (Å²) in [7, 11) is 0. The Morgan fingerprint density at radius 1 is 1.43 bits per heavy atom. The maximum atomic E-state index is 13.4. The van der Waals surface area contributed by atoms with E-state index in [1.54, 1.807) is 12.1 Å². The number of tetrazole rings is 1. The molecule has 6 nitrogen and oxygen atoms in total. The highest BCUT2D eigenvalue weighted by molar-refractivity contribution is 8.00. The average Bonchev–Trinajstić information content (AvgIpc) is 3.18. The predicted octanol–water partition coefficient (Wildman–Crippen LogP) is 2.34. The van der Waals surface area contributed by atoms with Gasteiger partial charge in [-0.1, -0.05) is 30.7 Å². The van der Waals surface area contributed by atoms with E-state index in [9.17, 15) is 9.18 Å². The lowest BCUT2D eigenvalue weighted by Crippen LogP contribution is -2.37. The number of aromatic nitrogens is 4. The maximum absolute atomic E-state index is 13.4. The van der Waals surface area contributed by atoms with E-state index in [-0.39, 0.29) is 23.0 Å². The first kappa shape index (κ1) is 15.9. The van der Waals surface area contributed by atoms with Crippen molar-refractivity contribution in [2.75, 3.05) is 0 Å². The fourth-order valence-corrected chi connectivity index (χ4v) is 3.44. The molecular weight excluding hydrogens is 317 g/mol. The zero-order valence-corrected chi connectivity index (χ0v) is 13.6. The zero-order chi connectivity index (χ0) is 16.2. The Hall–Kier alpha value is -1.96. The molecule has 1 fully saturated rings. The van der Waals surface area contributed by atoms with Crippen LogP contribution >= 0.6 is 11.8 Å². The highest BCUT2D eigenvalue weighted by Crippen LogP contribution is 2.24. The van der Waals surface area contributed by atoms with Crippen LogP contribution in [0.1, 0.15) is 32.6 Å². The summed E-state index contributed by atoms with van der Waals surface area (Å²) in [6, 6.07) is 6.30.